The van der Waals surface area contributed by atoms with E-state index in [0.29, 0.717) is 6.42 Å². The lowest BCUT2D eigenvalue weighted by Gasteiger charge is -2.23. The minimum absolute atomic E-state index is 0.108. The van der Waals surface area contributed by atoms with E-state index in [2.05, 4.69) is 15.6 Å². The molecule has 41 heavy (non-hydrogen) atoms. The van der Waals surface area contributed by atoms with Crippen molar-refractivity contribution in [3.63, 3.8) is 0 Å². The fourth-order valence-corrected chi connectivity index (χ4v) is 4.54. The van der Waals surface area contributed by atoms with Gasteiger partial charge in [0.05, 0.1) is 6.04 Å². The van der Waals surface area contributed by atoms with Gasteiger partial charge >= 0.3 is 18.2 Å². The van der Waals surface area contributed by atoms with Crippen molar-refractivity contribution in [3.05, 3.63) is 52.5 Å². The highest BCUT2D eigenvalue weighted by molar-refractivity contribution is 7.09. The van der Waals surface area contributed by atoms with E-state index in [9.17, 15) is 22.8 Å². The summed E-state index contributed by atoms with van der Waals surface area (Å²) in [6, 6.07) is 9.57. The number of amides is 2. The van der Waals surface area contributed by atoms with Gasteiger partial charge in [0.15, 0.2) is 6.10 Å². The predicted octanol–water partition coefficient (Wildman–Crippen LogP) is 3.50. The summed E-state index contributed by atoms with van der Waals surface area (Å²) in [6.07, 6.45) is -6.06. The number of alkyl carbamates (subject to hydrolysis) is 1. The molecule has 0 radical (unpaired) electrons. The van der Waals surface area contributed by atoms with Crippen LogP contribution >= 0.6 is 11.3 Å². The Morgan fingerprint density at radius 1 is 1.10 bits per heavy atom. The third kappa shape index (κ3) is 10.9. The zero-order valence-corrected chi connectivity index (χ0v) is 24.0. The number of nitrogens with one attached hydrogen (secondary N) is 2. The van der Waals surface area contributed by atoms with Crippen molar-refractivity contribution in [3.8, 4) is 0 Å². The van der Waals surface area contributed by atoms with Crippen LogP contribution in [0.15, 0.2) is 41.9 Å². The summed E-state index contributed by atoms with van der Waals surface area (Å²) >= 11 is 1.48. The van der Waals surface area contributed by atoms with E-state index in [4.69, 9.17) is 28.8 Å². The number of benzene rings is 1. The van der Waals surface area contributed by atoms with Crippen LogP contribution in [-0.2, 0) is 35.0 Å². The van der Waals surface area contributed by atoms with Crippen molar-refractivity contribution in [2.24, 2.45) is 0 Å². The minimum atomic E-state index is -5.08. The maximum absolute atomic E-state index is 13.3. The molecule has 2 heterocycles. The van der Waals surface area contributed by atoms with E-state index in [1.54, 1.807) is 27.0 Å². The van der Waals surface area contributed by atoms with Crippen molar-refractivity contribution < 1.29 is 51.6 Å². The first-order valence-corrected chi connectivity index (χ1v) is 13.3. The molecule has 2 aromatic rings. The number of carboxylic acids is 1. The van der Waals surface area contributed by atoms with Crippen LogP contribution in [-0.4, -0.2) is 85.0 Å². The molecule has 1 saturated heterocycles. The number of halogens is 3. The number of methoxy groups -OCH3 is 2. The molecule has 0 aliphatic carbocycles. The Hall–Kier alpha value is -3.27. The summed E-state index contributed by atoms with van der Waals surface area (Å²) in [7, 11) is 3.03. The van der Waals surface area contributed by atoms with E-state index >= 15 is 0 Å². The highest BCUT2D eigenvalue weighted by Gasteiger charge is 2.49. The SMILES string of the molecule is CO[C@H]1[C@H](OC)[C@@H](CNC(=O)OC(C)(C)C)O[C@@H]1C(=O)N[C@@H](Cc1ccccc1)c1nccs1.O=C(O)C(F)(F)F. The van der Waals surface area contributed by atoms with Crippen LogP contribution in [0.1, 0.15) is 37.4 Å². The molecule has 2 amide bonds. The zero-order chi connectivity index (χ0) is 30.8. The standard InChI is InChI=1S/C24H33N3O6S.C2HF3O2/c1-24(2,3)33-23(29)26-14-17-18(30-4)19(31-5)20(32-17)21(28)27-16(22-25-11-12-34-22)13-15-9-7-6-8-10-15;3-2(4,5)1(6)7/h6-12,16-20H,13-14H2,1-5H3,(H,26,29)(H,27,28);(H,6,7)/t16-,17+,18+,19-,20-;/m0./s1. The van der Waals surface area contributed by atoms with E-state index < -0.39 is 48.3 Å². The van der Waals surface area contributed by atoms with Gasteiger partial charge in [-0.2, -0.15) is 13.2 Å². The van der Waals surface area contributed by atoms with Gasteiger partial charge in [-0.05, 0) is 32.8 Å². The molecule has 3 N–H and O–H groups in total. The number of aromatic nitrogens is 1. The second kappa shape index (κ2) is 15.1. The smallest absolute Gasteiger partial charge is 0.475 e. The molecule has 0 unspecified atom stereocenters. The largest absolute Gasteiger partial charge is 0.490 e. The first kappa shape index (κ1) is 33.9. The van der Waals surface area contributed by atoms with Crippen LogP contribution in [0, 0.1) is 0 Å². The normalized spacial score (nSPS) is 21.3. The minimum Gasteiger partial charge on any atom is -0.475 e. The van der Waals surface area contributed by atoms with E-state index in [1.165, 1.54) is 25.6 Å². The van der Waals surface area contributed by atoms with Crippen LogP contribution in [0.3, 0.4) is 0 Å². The quantitative estimate of drug-likeness (QED) is 0.391. The molecule has 1 fully saturated rings. The second-order valence-electron chi connectivity index (χ2n) is 9.80. The lowest BCUT2D eigenvalue weighted by molar-refractivity contribution is -0.192. The van der Waals surface area contributed by atoms with Crippen molar-refractivity contribution in [1.29, 1.82) is 0 Å². The van der Waals surface area contributed by atoms with Crippen LogP contribution in [0.25, 0.3) is 0 Å². The van der Waals surface area contributed by atoms with Crippen LogP contribution in [0.5, 0.6) is 0 Å². The van der Waals surface area contributed by atoms with Gasteiger partial charge in [0.1, 0.15) is 28.9 Å². The summed E-state index contributed by atoms with van der Waals surface area (Å²) in [6.45, 7) is 5.46. The summed E-state index contributed by atoms with van der Waals surface area (Å²) in [4.78, 5) is 38.7. The molecule has 1 aromatic carbocycles. The zero-order valence-electron chi connectivity index (χ0n) is 23.1. The van der Waals surface area contributed by atoms with Crippen molar-refractivity contribution in [1.82, 2.24) is 15.6 Å². The predicted molar refractivity (Wildman–Crippen MR) is 141 cm³/mol. The van der Waals surface area contributed by atoms with Gasteiger partial charge in [0.25, 0.3) is 5.91 Å². The van der Waals surface area contributed by atoms with E-state index in [-0.39, 0.29) is 18.5 Å². The molecular weight excluding hydrogens is 571 g/mol. The van der Waals surface area contributed by atoms with Crippen LogP contribution < -0.4 is 10.6 Å². The van der Waals surface area contributed by atoms with Crippen LogP contribution in [0.2, 0.25) is 0 Å². The molecule has 15 heteroatoms. The third-order valence-corrected chi connectivity index (χ3v) is 6.44. The second-order valence-corrected chi connectivity index (χ2v) is 10.7. The number of alkyl halides is 3. The Kier molecular flexibility index (Phi) is 12.5. The molecular formula is C26H34F3N3O8S. The first-order valence-electron chi connectivity index (χ1n) is 12.4. The summed E-state index contributed by atoms with van der Waals surface area (Å²) in [5, 5.41) is 15.6. The van der Waals surface area contributed by atoms with E-state index in [1.807, 2.05) is 35.7 Å². The number of hydrogen-bond donors (Lipinski definition) is 3. The van der Waals surface area contributed by atoms with Gasteiger partial charge in [-0.15, -0.1) is 11.3 Å². The molecule has 228 valence electrons. The highest BCUT2D eigenvalue weighted by atomic mass is 32.1. The molecule has 1 aliphatic heterocycles. The topological polar surface area (TPSA) is 145 Å². The molecule has 5 atom stereocenters. The number of aliphatic carboxylic acids is 1. The van der Waals surface area contributed by atoms with Gasteiger partial charge in [0, 0.05) is 32.3 Å². The Bertz CT molecular complexity index is 1110. The number of nitrogens with zero attached hydrogens (tertiary/aromatic N) is 1. The lowest BCUT2D eigenvalue weighted by Crippen LogP contribution is -2.46. The number of thiazole rings is 1. The molecule has 1 aliphatic rings. The lowest BCUT2D eigenvalue weighted by atomic mass is 10.0. The van der Waals surface area contributed by atoms with Crippen molar-refractivity contribution in [2.75, 3.05) is 20.8 Å². The molecule has 11 nitrogen and oxygen atoms in total. The third-order valence-electron chi connectivity index (χ3n) is 5.55. The number of hydrogen-bond acceptors (Lipinski definition) is 9. The van der Waals surface area contributed by atoms with E-state index in [0.717, 1.165) is 10.6 Å². The van der Waals surface area contributed by atoms with Crippen molar-refractivity contribution >= 4 is 29.3 Å². The number of carbonyl (C=O) groups excluding carboxylic acids is 2. The fourth-order valence-electron chi connectivity index (χ4n) is 3.85. The van der Waals surface area contributed by atoms with Crippen LogP contribution in [0.4, 0.5) is 18.0 Å². The summed E-state index contributed by atoms with van der Waals surface area (Å²) < 4.78 is 54.2. The molecule has 0 bridgehead atoms. The number of ether oxygens (including phenoxy) is 4. The molecule has 3 rings (SSSR count). The van der Waals surface area contributed by atoms with Gasteiger partial charge < -0.3 is 34.7 Å². The molecule has 1 aromatic heterocycles. The maximum Gasteiger partial charge on any atom is 0.490 e. The van der Waals surface area contributed by atoms with Crippen molar-refractivity contribution in [2.45, 2.75) is 69.4 Å². The average molecular weight is 606 g/mol. The van der Waals surface area contributed by atoms with Gasteiger partial charge in [-0.1, -0.05) is 30.3 Å². The Morgan fingerprint density at radius 3 is 2.20 bits per heavy atom. The summed E-state index contributed by atoms with van der Waals surface area (Å²) in [5.41, 5.74) is 0.454. The van der Waals surface area contributed by atoms with Gasteiger partial charge in [-0.3, -0.25) is 4.79 Å². The average Bonchev–Trinajstić information content (AvgIpc) is 3.54. The Morgan fingerprint density at radius 2 is 1.71 bits per heavy atom. The first-order chi connectivity index (χ1) is 19.2. The highest BCUT2D eigenvalue weighted by Crippen LogP contribution is 2.28. The Balaban J connectivity index is 0.000000745. The molecule has 0 spiro atoms. The maximum atomic E-state index is 13.3. The van der Waals surface area contributed by atoms with Gasteiger partial charge in [0.2, 0.25) is 0 Å². The van der Waals surface area contributed by atoms with Gasteiger partial charge in [-0.25, -0.2) is 14.6 Å². The Labute approximate surface area is 239 Å². The fraction of sp³-hybridized carbons (Fsp3) is 0.538. The monoisotopic (exact) mass is 605 g/mol. The number of carbonyl (C=O) groups is 3. The number of carboxylic acid groups (broad SMARTS) is 1. The number of rotatable bonds is 9. The summed E-state index contributed by atoms with van der Waals surface area (Å²) in [5.74, 6) is -3.09. The molecule has 0 saturated carbocycles.